The summed E-state index contributed by atoms with van der Waals surface area (Å²) >= 11 is 11.2. The molecule has 1 rings (SSSR count). The van der Waals surface area contributed by atoms with Crippen LogP contribution in [0.5, 0.6) is 0 Å². The van der Waals surface area contributed by atoms with Crippen molar-refractivity contribution in [2.24, 2.45) is 5.73 Å². The van der Waals surface area contributed by atoms with Crippen molar-refractivity contribution < 1.29 is 0 Å². The summed E-state index contributed by atoms with van der Waals surface area (Å²) in [6.07, 6.45) is 0. The summed E-state index contributed by atoms with van der Waals surface area (Å²) in [5.41, 5.74) is 7.20. The Morgan fingerprint density at radius 2 is 2.18 bits per heavy atom. The van der Waals surface area contributed by atoms with Crippen LogP contribution in [0.25, 0.3) is 0 Å². The van der Waals surface area contributed by atoms with E-state index in [1.165, 1.54) is 0 Å². The first kappa shape index (κ1) is 8.85. The molecule has 1 aromatic rings. The van der Waals surface area contributed by atoms with Gasteiger partial charge >= 0.3 is 0 Å². The normalized spacial score (nSPS) is 10.5. The first-order chi connectivity index (χ1) is 5.24. The van der Waals surface area contributed by atoms with E-state index in [1.54, 1.807) is 6.07 Å². The topological polar surface area (TPSA) is 26.0 Å². The Kier molecular flexibility index (Phi) is 3.18. The van der Waals surface area contributed by atoms with E-state index in [0.717, 1.165) is 11.1 Å². The summed E-state index contributed by atoms with van der Waals surface area (Å²) in [7, 11) is 0. The highest BCUT2D eigenvalue weighted by molar-refractivity contribution is 6.44. The Morgan fingerprint density at radius 3 is 2.55 bits per heavy atom. The van der Waals surface area contributed by atoms with Crippen molar-refractivity contribution in [2.45, 2.75) is 11.4 Å². The van der Waals surface area contributed by atoms with E-state index >= 15 is 0 Å². The lowest BCUT2D eigenvalue weighted by molar-refractivity contribution is 1.07. The second-order valence-electron chi connectivity index (χ2n) is 2.16. The summed E-state index contributed by atoms with van der Waals surface area (Å²) in [4.78, 5) is -0.498. The molecular formula is C8H8Cl2N. The van der Waals surface area contributed by atoms with Crippen LogP contribution in [-0.4, -0.2) is 0 Å². The van der Waals surface area contributed by atoms with Crippen LogP contribution < -0.4 is 5.73 Å². The van der Waals surface area contributed by atoms with Gasteiger partial charge in [-0.15, -0.1) is 23.2 Å². The van der Waals surface area contributed by atoms with Crippen molar-refractivity contribution in [2.75, 3.05) is 0 Å². The van der Waals surface area contributed by atoms with Gasteiger partial charge in [0.2, 0.25) is 0 Å². The van der Waals surface area contributed by atoms with Crippen LogP contribution >= 0.6 is 23.2 Å². The Bertz CT molecular complexity index is 218. The van der Waals surface area contributed by atoms with Crippen molar-refractivity contribution in [1.82, 2.24) is 0 Å². The maximum atomic E-state index is 5.60. The molecule has 0 aliphatic rings. The van der Waals surface area contributed by atoms with Crippen LogP contribution in [0.2, 0.25) is 0 Å². The molecule has 0 saturated heterocycles. The van der Waals surface area contributed by atoms with E-state index in [0.29, 0.717) is 6.54 Å². The van der Waals surface area contributed by atoms with Crippen LogP contribution in [-0.2, 0) is 6.54 Å². The number of benzene rings is 1. The van der Waals surface area contributed by atoms with Gasteiger partial charge in [0, 0.05) is 6.54 Å². The summed E-state index contributed by atoms with van der Waals surface area (Å²) in [6, 6.07) is 8.46. The second kappa shape index (κ2) is 3.96. The molecule has 0 unspecified atom stereocenters. The van der Waals surface area contributed by atoms with Crippen molar-refractivity contribution in [3.63, 3.8) is 0 Å². The minimum Gasteiger partial charge on any atom is -0.326 e. The lowest BCUT2D eigenvalue weighted by Gasteiger charge is -2.00. The van der Waals surface area contributed by atoms with Crippen molar-refractivity contribution in [3.05, 3.63) is 35.4 Å². The molecule has 0 aromatic heterocycles. The number of hydrogen-bond acceptors (Lipinski definition) is 1. The molecule has 0 spiro atoms. The number of hydrogen-bond donors (Lipinski definition) is 1. The van der Waals surface area contributed by atoms with Crippen LogP contribution in [0.1, 0.15) is 16.0 Å². The Labute approximate surface area is 76.1 Å². The molecule has 0 aliphatic heterocycles. The van der Waals surface area contributed by atoms with Crippen LogP contribution in [0.15, 0.2) is 18.2 Å². The third-order valence-corrected chi connectivity index (χ3v) is 1.84. The molecule has 59 valence electrons. The lowest BCUT2D eigenvalue weighted by Crippen LogP contribution is -1.95. The summed E-state index contributed by atoms with van der Waals surface area (Å²) in [5, 5.41) is 0. The minimum atomic E-state index is -0.498. The Balaban J connectivity index is 2.83. The van der Waals surface area contributed by atoms with E-state index < -0.39 is 4.84 Å². The van der Waals surface area contributed by atoms with Gasteiger partial charge in [-0.05, 0) is 23.3 Å². The maximum absolute atomic E-state index is 5.60. The fraction of sp³-hybridized carbons (Fsp3) is 0.250. The molecule has 2 N–H and O–H groups in total. The number of alkyl halides is 2. The van der Waals surface area contributed by atoms with Gasteiger partial charge in [0.25, 0.3) is 0 Å². The van der Waals surface area contributed by atoms with E-state index in [9.17, 15) is 0 Å². The Hall–Kier alpha value is -0.240. The zero-order valence-corrected chi connectivity index (χ0v) is 7.36. The highest BCUT2D eigenvalue weighted by atomic mass is 35.5. The molecule has 0 amide bonds. The van der Waals surface area contributed by atoms with Gasteiger partial charge in [0.05, 0.1) is 0 Å². The third kappa shape index (κ3) is 2.37. The zero-order chi connectivity index (χ0) is 8.27. The van der Waals surface area contributed by atoms with Gasteiger partial charge < -0.3 is 5.73 Å². The molecule has 0 saturated carbocycles. The van der Waals surface area contributed by atoms with Crippen molar-refractivity contribution in [3.8, 4) is 0 Å². The van der Waals surface area contributed by atoms with E-state index in [1.807, 2.05) is 12.1 Å². The first-order valence-electron chi connectivity index (χ1n) is 3.22. The van der Waals surface area contributed by atoms with Gasteiger partial charge in [0.1, 0.15) is 4.84 Å². The van der Waals surface area contributed by atoms with Crippen LogP contribution in [0.4, 0.5) is 0 Å². The van der Waals surface area contributed by atoms with Gasteiger partial charge in [-0.25, -0.2) is 0 Å². The molecule has 0 aliphatic carbocycles. The molecule has 3 heteroatoms. The largest absolute Gasteiger partial charge is 0.326 e. The highest BCUT2D eigenvalue weighted by Gasteiger charge is 2.01. The van der Waals surface area contributed by atoms with Gasteiger partial charge in [-0.1, -0.05) is 12.1 Å². The van der Waals surface area contributed by atoms with Gasteiger partial charge in [-0.3, -0.25) is 0 Å². The molecule has 0 heterocycles. The van der Waals surface area contributed by atoms with Gasteiger partial charge in [0.15, 0.2) is 0 Å². The molecular weight excluding hydrogens is 181 g/mol. The lowest BCUT2D eigenvalue weighted by atomic mass is 10.1. The standard InChI is InChI=1S/C8H8Cl2N/c9-8(10)7-3-1-6(5-11)2-4-7/h1-3,8H,5,11H2. The number of nitrogens with two attached hydrogens (primary N) is 1. The number of rotatable bonds is 2. The smallest absolute Gasteiger partial charge is 0.133 e. The zero-order valence-electron chi connectivity index (χ0n) is 5.85. The molecule has 0 atom stereocenters. The molecule has 0 bridgehead atoms. The minimum absolute atomic E-state index is 0.498. The molecule has 11 heavy (non-hydrogen) atoms. The maximum Gasteiger partial charge on any atom is 0.133 e. The van der Waals surface area contributed by atoms with Crippen molar-refractivity contribution >= 4 is 23.2 Å². The van der Waals surface area contributed by atoms with E-state index in [2.05, 4.69) is 6.07 Å². The summed E-state index contributed by atoms with van der Waals surface area (Å²) < 4.78 is 0. The summed E-state index contributed by atoms with van der Waals surface area (Å²) in [6.45, 7) is 0.520. The molecule has 1 radical (unpaired) electrons. The first-order valence-corrected chi connectivity index (χ1v) is 4.10. The van der Waals surface area contributed by atoms with Crippen LogP contribution in [0.3, 0.4) is 0 Å². The molecule has 0 fully saturated rings. The fourth-order valence-electron chi connectivity index (χ4n) is 0.732. The average molecular weight is 189 g/mol. The Morgan fingerprint density at radius 1 is 1.45 bits per heavy atom. The van der Waals surface area contributed by atoms with E-state index in [4.69, 9.17) is 28.9 Å². The quantitative estimate of drug-likeness (QED) is 0.710. The van der Waals surface area contributed by atoms with Crippen molar-refractivity contribution in [1.29, 1.82) is 0 Å². The predicted octanol–water partition coefficient (Wildman–Crippen LogP) is 2.42. The van der Waals surface area contributed by atoms with Crippen LogP contribution in [0, 0.1) is 6.07 Å². The summed E-state index contributed by atoms with van der Waals surface area (Å²) in [5.74, 6) is 0. The van der Waals surface area contributed by atoms with Gasteiger partial charge in [-0.2, -0.15) is 0 Å². The fourth-order valence-corrected chi connectivity index (χ4v) is 1.00. The average Bonchev–Trinajstić information content (AvgIpc) is 2.05. The number of halogens is 2. The molecule has 1 nitrogen and oxygen atoms in total. The predicted molar refractivity (Wildman–Crippen MR) is 47.6 cm³/mol. The third-order valence-electron chi connectivity index (χ3n) is 1.37. The second-order valence-corrected chi connectivity index (χ2v) is 3.25. The molecule has 1 aromatic carbocycles. The monoisotopic (exact) mass is 188 g/mol. The highest BCUT2D eigenvalue weighted by Crippen LogP contribution is 2.23. The SMILES string of the molecule is NCc1c[c]c(C(Cl)Cl)cc1. The van der Waals surface area contributed by atoms with E-state index in [-0.39, 0.29) is 0 Å².